The Morgan fingerprint density at radius 3 is 2.32 bits per heavy atom. The zero-order valence-electron chi connectivity index (χ0n) is 14.4. The van der Waals surface area contributed by atoms with E-state index in [4.69, 9.17) is 4.55 Å². The Balaban J connectivity index is 2.00. The summed E-state index contributed by atoms with van der Waals surface area (Å²) in [6.07, 6.45) is 0. The van der Waals surface area contributed by atoms with E-state index in [0.717, 1.165) is 16.8 Å². The third-order valence-electron chi connectivity index (χ3n) is 3.83. The lowest BCUT2D eigenvalue weighted by Crippen LogP contribution is -2.14. The van der Waals surface area contributed by atoms with E-state index < -0.39 is 21.6 Å². The van der Waals surface area contributed by atoms with Crippen LogP contribution >= 0.6 is 0 Å². The predicted molar refractivity (Wildman–Crippen MR) is 98.5 cm³/mol. The lowest BCUT2D eigenvalue weighted by molar-refractivity contribution is 0.0697. The number of aromatic amines is 1. The number of carboxylic acids is 1. The summed E-state index contributed by atoms with van der Waals surface area (Å²) in [6.45, 7) is 1.59. The number of azo groups is 1. The molecule has 1 heterocycles. The molecule has 0 amide bonds. The molecule has 11 heteroatoms. The molecule has 0 aliphatic heterocycles. The highest BCUT2D eigenvalue weighted by Crippen LogP contribution is 2.22. The number of rotatable bonds is 5. The smallest absolute Gasteiger partial charge is 0.337 e. The number of aryl methyl sites for hydroxylation is 1. The van der Waals surface area contributed by atoms with Crippen molar-refractivity contribution in [3.63, 3.8) is 0 Å². The van der Waals surface area contributed by atoms with Crippen LogP contribution in [0.4, 0.5) is 11.4 Å². The van der Waals surface area contributed by atoms with Gasteiger partial charge >= 0.3 is 5.97 Å². The first-order valence-electron chi connectivity index (χ1n) is 7.82. The molecule has 2 aromatic carbocycles. The first kappa shape index (κ1) is 19.2. The average molecular weight is 402 g/mol. The summed E-state index contributed by atoms with van der Waals surface area (Å²) >= 11 is 0. The Morgan fingerprint density at radius 1 is 1.07 bits per heavy atom. The highest BCUT2D eigenvalue weighted by molar-refractivity contribution is 7.85. The van der Waals surface area contributed by atoms with Gasteiger partial charge in [0.2, 0.25) is 0 Å². The zero-order chi connectivity index (χ0) is 20.5. The molecular formula is C17H14N4O6S. The van der Waals surface area contributed by atoms with Crippen molar-refractivity contribution in [3.8, 4) is 5.69 Å². The molecule has 0 unspecified atom stereocenters. The molecule has 0 spiro atoms. The van der Waals surface area contributed by atoms with Crippen LogP contribution in [-0.2, 0) is 10.1 Å². The SMILES string of the molecule is Cc1[nH]n(-c2ccc(S(=O)(=O)O)cc2)c(=O)c1N=Nc1ccccc1C(=O)O. The van der Waals surface area contributed by atoms with E-state index in [1.807, 2.05) is 0 Å². The number of H-pyrrole nitrogens is 1. The standard InChI is InChI=1S/C17H14N4O6S/c1-10-15(19-18-14-5-3-2-4-13(14)17(23)24)16(22)21(20-10)11-6-8-12(9-7-11)28(25,26)27/h2-9,20H,1H3,(H,23,24)(H,25,26,27). The Labute approximate surface area is 158 Å². The topological polar surface area (TPSA) is 154 Å². The van der Waals surface area contributed by atoms with Gasteiger partial charge in [0.25, 0.3) is 15.7 Å². The molecule has 3 rings (SSSR count). The van der Waals surface area contributed by atoms with Crippen LogP contribution in [0.5, 0.6) is 0 Å². The second-order valence-corrected chi connectivity index (χ2v) is 7.14. The second-order valence-electron chi connectivity index (χ2n) is 5.72. The predicted octanol–water partition coefficient (Wildman–Crippen LogP) is 2.83. The Kier molecular flexibility index (Phi) is 4.94. The van der Waals surface area contributed by atoms with E-state index in [0.29, 0.717) is 11.4 Å². The molecule has 0 fully saturated rings. The summed E-state index contributed by atoms with van der Waals surface area (Å²) in [5.74, 6) is -1.17. The minimum absolute atomic E-state index is 0.0287. The van der Waals surface area contributed by atoms with E-state index in [1.165, 1.54) is 24.3 Å². The van der Waals surface area contributed by atoms with E-state index >= 15 is 0 Å². The Hall–Kier alpha value is -3.57. The van der Waals surface area contributed by atoms with Gasteiger partial charge in [-0.15, -0.1) is 10.2 Å². The molecule has 3 aromatic rings. The molecule has 3 N–H and O–H groups in total. The number of aromatic nitrogens is 2. The van der Waals surface area contributed by atoms with Crippen LogP contribution in [0.2, 0.25) is 0 Å². The summed E-state index contributed by atoms with van der Waals surface area (Å²) < 4.78 is 32.4. The van der Waals surface area contributed by atoms with Gasteiger partial charge in [-0.05, 0) is 43.3 Å². The zero-order valence-corrected chi connectivity index (χ0v) is 15.2. The van der Waals surface area contributed by atoms with E-state index in [9.17, 15) is 23.1 Å². The van der Waals surface area contributed by atoms with Gasteiger partial charge in [0, 0.05) is 0 Å². The van der Waals surface area contributed by atoms with Crippen molar-refractivity contribution in [1.82, 2.24) is 9.78 Å². The van der Waals surface area contributed by atoms with Gasteiger partial charge in [0.05, 0.1) is 21.8 Å². The average Bonchev–Trinajstić information content (AvgIpc) is 2.93. The van der Waals surface area contributed by atoms with Crippen molar-refractivity contribution < 1.29 is 22.9 Å². The molecule has 1 aromatic heterocycles. The maximum absolute atomic E-state index is 12.6. The fourth-order valence-corrected chi connectivity index (χ4v) is 2.93. The molecule has 0 saturated carbocycles. The molecule has 0 saturated heterocycles. The van der Waals surface area contributed by atoms with Crippen molar-refractivity contribution in [2.45, 2.75) is 11.8 Å². The van der Waals surface area contributed by atoms with E-state index in [1.54, 1.807) is 19.1 Å². The summed E-state index contributed by atoms with van der Waals surface area (Å²) in [6, 6.07) is 10.9. The number of hydrogen-bond acceptors (Lipinski definition) is 6. The van der Waals surface area contributed by atoms with Gasteiger partial charge in [-0.1, -0.05) is 12.1 Å². The van der Waals surface area contributed by atoms with Crippen LogP contribution in [0.1, 0.15) is 16.1 Å². The lowest BCUT2D eigenvalue weighted by atomic mass is 10.2. The third kappa shape index (κ3) is 3.75. The summed E-state index contributed by atoms with van der Waals surface area (Å²) in [4.78, 5) is 23.5. The van der Waals surface area contributed by atoms with Gasteiger partial charge in [0.15, 0.2) is 5.69 Å². The molecule has 0 aliphatic rings. The summed E-state index contributed by atoms with van der Waals surface area (Å²) in [5.41, 5.74) is 0.139. The molecule has 0 bridgehead atoms. The number of nitrogens with zero attached hydrogens (tertiary/aromatic N) is 3. The monoisotopic (exact) mass is 402 g/mol. The highest BCUT2D eigenvalue weighted by Gasteiger charge is 2.15. The second kappa shape index (κ2) is 7.21. The van der Waals surface area contributed by atoms with Crippen molar-refractivity contribution >= 4 is 27.5 Å². The van der Waals surface area contributed by atoms with E-state index in [-0.39, 0.29) is 21.8 Å². The van der Waals surface area contributed by atoms with Gasteiger partial charge < -0.3 is 5.11 Å². The number of benzene rings is 2. The van der Waals surface area contributed by atoms with Crippen LogP contribution < -0.4 is 5.56 Å². The van der Waals surface area contributed by atoms with Crippen LogP contribution in [0.15, 0.2) is 68.4 Å². The number of hydrogen-bond donors (Lipinski definition) is 3. The maximum Gasteiger partial charge on any atom is 0.337 e. The van der Waals surface area contributed by atoms with Crippen LogP contribution in [0, 0.1) is 6.92 Å². The van der Waals surface area contributed by atoms with Crippen molar-refractivity contribution in [3.05, 3.63) is 70.1 Å². The molecule has 28 heavy (non-hydrogen) atoms. The number of nitrogens with one attached hydrogen (secondary N) is 1. The fourth-order valence-electron chi connectivity index (χ4n) is 2.45. The molecule has 0 radical (unpaired) electrons. The normalized spacial score (nSPS) is 11.8. The van der Waals surface area contributed by atoms with E-state index in [2.05, 4.69) is 15.3 Å². The van der Waals surface area contributed by atoms with Crippen molar-refractivity contribution in [2.75, 3.05) is 0 Å². The van der Waals surface area contributed by atoms with Gasteiger partial charge in [-0.3, -0.25) is 14.4 Å². The van der Waals surface area contributed by atoms with Crippen LogP contribution in [0.25, 0.3) is 5.69 Å². The van der Waals surface area contributed by atoms with Crippen LogP contribution in [-0.4, -0.2) is 33.8 Å². The third-order valence-corrected chi connectivity index (χ3v) is 4.69. The molecule has 0 aliphatic carbocycles. The lowest BCUT2D eigenvalue weighted by Gasteiger charge is -2.02. The molecular weight excluding hydrogens is 388 g/mol. The van der Waals surface area contributed by atoms with Gasteiger partial charge in [0.1, 0.15) is 5.69 Å². The van der Waals surface area contributed by atoms with Gasteiger partial charge in [-0.25, -0.2) is 9.48 Å². The molecule has 144 valence electrons. The van der Waals surface area contributed by atoms with Crippen LogP contribution in [0.3, 0.4) is 0 Å². The number of carbonyl (C=O) groups is 1. The minimum Gasteiger partial charge on any atom is -0.478 e. The summed E-state index contributed by atoms with van der Waals surface area (Å²) in [7, 11) is -4.34. The van der Waals surface area contributed by atoms with Crippen molar-refractivity contribution in [1.29, 1.82) is 0 Å². The highest BCUT2D eigenvalue weighted by atomic mass is 32.2. The van der Waals surface area contributed by atoms with Crippen molar-refractivity contribution in [2.24, 2.45) is 10.2 Å². The maximum atomic E-state index is 12.6. The largest absolute Gasteiger partial charge is 0.478 e. The molecule has 10 nitrogen and oxygen atoms in total. The quantitative estimate of drug-likeness (QED) is 0.440. The first-order chi connectivity index (χ1) is 13.2. The Bertz CT molecular complexity index is 1240. The first-order valence-corrected chi connectivity index (χ1v) is 9.26. The summed E-state index contributed by atoms with van der Waals surface area (Å²) in [5, 5.41) is 19.7. The number of carboxylic acid groups (broad SMARTS) is 1. The minimum atomic E-state index is -4.34. The van der Waals surface area contributed by atoms with Gasteiger partial charge in [-0.2, -0.15) is 8.42 Å². The number of aromatic carboxylic acids is 1. The molecule has 0 atom stereocenters. The Morgan fingerprint density at radius 2 is 1.71 bits per heavy atom. The fraction of sp³-hybridized carbons (Fsp3) is 0.0588.